The molecule has 0 amide bonds. The van der Waals surface area contributed by atoms with Crippen LogP contribution in [0.15, 0.2) is 48.8 Å². The summed E-state index contributed by atoms with van der Waals surface area (Å²) in [4.78, 5) is 14.2. The van der Waals surface area contributed by atoms with E-state index < -0.39 is 4.92 Å². The molecular weight excluding hydrogens is 450 g/mol. The van der Waals surface area contributed by atoms with Crippen molar-refractivity contribution in [3.05, 3.63) is 70.0 Å². The van der Waals surface area contributed by atoms with E-state index in [0.717, 1.165) is 29.9 Å². The van der Waals surface area contributed by atoms with E-state index in [1.165, 1.54) is 16.3 Å². The number of methoxy groups -OCH3 is 3. The lowest BCUT2D eigenvalue weighted by Crippen LogP contribution is -2.14. The summed E-state index contributed by atoms with van der Waals surface area (Å²) in [6, 6.07) is 12.0. The summed E-state index contributed by atoms with van der Waals surface area (Å²) >= 11 is 0. The third kappa shape index (κ3) is 6.65. The van der Waals surface area contributed by atoms with E-state index in [4.69, 9.17) is 18.9 Å². The molecule has 0 fully saturated rings. The first-order chi connectivity index (χ1) is 16.9. The second kappa shape index (κ2) is 12.1. The van der Waals surface area contributed by atoms with Gasteiger partial charge < -0.3 is 29.1 Å². The predicted octanol–water partition coefficient (Wildman–Crippen LogP) is 4.95. The van der Waals surface area contributed by atoms with E-state index in [1.54, 1.807) is 27.5 Å². The maximum atomic E-state index is 11.0. The highest BCUT2D eigenvalue weighted by atomic mass is 16.6. The molecule has 0 aliphatic carbocycles. The molecule has 3 aromatic rings. The molecule has 35 heavy (non-hydrogen) atoms. The first-order valence-corrected chi connectivity index (χ1v) is 11.5. The molecule has 0 radical (unpaired) electrons. The normalized spacial score (nSPS) is 12.6. The molecule has 9 heteroatoms. The fourth-order valence-electron chi connectivity index (χ4n) is 4.01. The van der Waals surface area contributed by atoms with Crippen molar-refractivity contribution in [2.75, 3.05) is 27.9 Å². The van der Waals surface area contributed by atoms with E-state index in [0.29, 0.717) is 29.9 Å². The molecule has 188 valence electrons. The number of imidazole rings is 1. The standard InChI is InChI=1S/C26H33N3O6/c1-18(14-20-6-8-22(32-3)24(16-20)33-4)19(2)15-21-7-9-23(25(17-21)34-5)35-13-12-28-11-10-27-26(28)29(30)31/h6-11,16-19H,12-15H2,1-5H3/t18-,19+/m0/s1. The molecule has 0 spiro atoms. The first-order valence-electron chi connectivity index (χ1n) is 11.5. The Balaban J connectivity index is 1.58. The van der Waals surface area contributed by atoms with E-state index in [2.05, 4.69) is 24.9 Å². The molecule has 0 aliphatic rings. The fourth-order valence-corrected chi connectivity index (χ4v) is 4.01. The minimum absolute atomic E-state index is 0.202. The topological polar surface area (TPSA) is 97.9 Å². The molecular formula is C26H33N3O6. The monoisotopic (exact) mass is 483 g/mol. The van der Waals surface area contributed by atoms with Gasteiger partial charge >= 0.3 is 5.95 Å². The number of benzene rings is 2. The van der Waals surface area contributed by atoms with Gasteiger partial charge in [0.2, 0.25) is 0 Å². The van der Waals surface area contributed by atoms with E-state index in [1.807, 2.05) is 30.3 Å². The molecule has 9 nitrogen and oxygen atoms in total. The number of nitrogens with zero attached hydrogens (tertiary/aromatic N) is 3. The Bertz CT molecular complexity index is 1130. The quantitative estimate of drug-likeness (QED) is 0.250. The van der Waals surface area contributed by atoms with E-state index >= 15 is 0 Å². The number of aromatic nitrogens is 2. The lowest BCUT2D eigenvalue weighted by molar-refractivity contribution is -0.396. The van der Waals surface area contributed by atoms with Crippen molar-refractivity contribution in [2.45, 2.75) is 33.2 Å². The predicted molar refractivity (Wildman–Crippen MR) is 133 cm³/mol. The van der Waals surface area contributed by atoms with Crippen LogP contribution in [0.25, 0.3) is 0 Å². The second-order valence-corrected chi connectivity index (χ2v) is 8.56. The summed E-state index contributed by atoms with van der Waals surface area (Å²) in [5, 5.41) is 11.0. The maximum Gasteiger partial charge on any atom is 0.434 e. The highest BCUT2D eigenvalue weighted by Crippen LogP contribution is 2.32. The van der Waals surface area contributed by atoms with Gasteiger partial charge in [-0.05, 0) is 65.0 Å². The van der Waals surface area contributed by atoms with Crippen LogP contribution in [0.1, 0.15) is 25.0 Å². The summed E-state index contributed by atoms with van der Waals surface area (Å²) in [6.45, 7) is 5.07. The lowest BCUT2D eigenvalue weighted by atomic mass is 9.85. The Hall–Kier alpha value is -3.75. The van der Waals surface area contributed by atoms with Crippen LogP contribution < -0.4 is 18.9 Å². The Kier molecular flexibility index (Phi) is 8.94. The van der Waals surface area contributed by atoms with Crippen LogP contribution in [0.3, 0.4) is 0 Å². The third-order valence-electron chi connectivity index (χ3n) is 6.21. The average Bonchev–Trinajstić information content (AvgIpc) is 3.33. The largest absolute Gasteiger partial charge is 0.493 e. The lowest BCUT2D eigenvalue weighted by Gasteiger charge is -2.21. The van der Waals surface area contributed by atoms with Gasteiger partial charge in [0, 0.05) is 0 Å². The molecule has 3 rings (SSSR count). The smallest absolute Gasteiger partial charge is 0.434 e. The maximum absolute atomic E-state index is 11.0. The zero-order valence-electron chi connectivity index (χ0n) is 20.9. The summed E-state index contributed by atoms with van der Waals surface area (Å²) in [5.41, 5.74) is 2.37. The van der Waals surface area contributed by atoms with Crippen LogP contribution in [-0.4, -0.2) is 42.4 Å². The van der Waals surface area contributed by atoms with Gasteiger partial charge in [-0.3, -0.25) is 0 Å². The van der Waals surface area contributed by atoms with Gasteiger partial charge in [0.15, 0.2) is 23.0 Å². The van der Waals surface area contributed by atoms with Crippen LogP contribution in [-0.2, 0) is 19.4 Å². The minimum atomic E-state index is -0.511. The van der Waals surface area contributed by atoms with Crippen molar-refractivity contribution in [2.24, 2.45) is 11.8 Å². The Morgan fingerprint density at radius 1 is 0.886 bits per heavy atom. The number of rotatable bonds is 13. The molecule has 0 saturated carbocycles. The number of hydrogen-bond donors (Lipinski definition) is 0. The van der Waals surface area contributed by atoms with Gasteiger partial charge in [-0.15, -0.1) is 0 Å². The minimum Gasteiger partial charge on any atom is -0.493 e. The van der Waals surface area contributed by atoms with E-state index in [9.17, 15) is 10.1 Å². The van der Waals surface area contributed by atoms with Crippen molar-refractivity contribution >= 4 is 5.95 Å². The van der Waals surface area contributed by atoms with Gasteiger partial charge in [-0.2, -0.15) is 0 Å². The zero-order valence-corrected chi connectivity index (χ0v) is 20.9. The zero-order chi connectivity index (χ0) is 25.4. The molecule has 0 unspecified atom stereocenters. The van der Waals surface area contributed by atoms with E-state index in [-0.39, 0.29) is 12.6 Å². The number of ether oxygens (including phenoxy) is 4. The van der Waals surface area contributed by atoms with Crippen molar-refractivity contribution < 1.29 is 23.9 Å². The average molecular weight is 484 g/mol. The Labute approximate surface area is 205 Å². The molecule has 0 N–H and O–H groups in total. The number of nitro groups is 1. The second-order valence-electron chi connectivity index (χ2n) is 8.56. The van der Waals surface area contributed by atoms with Gasteiger partial charge in [-0.1, -0.05) is 31.0 Å². The fraction of sp³-hybridized carbons (Fsp3) is 0.423. The SMILES string of the molecule is COc1ccc(C[C@H](C)[C@H](C)Cc2ccc(OCCn3ccnc3[N+](=O)[O-])c(OC)c2)cc1OC. The van der Waals surface area contributed by atoms with Crippen molar-refractivity contribution in [1.82, 2.24) is 9.55 Å². The number of hydrogen-bond acceptors (Lipinski definition) is 7. The molecule has 2 aromatic carbocycles. The van der Waals surface area contributed by atoms with Gasteiger partial charge in [-0.25, -0.2) is 4.57 Å². The van der Waals surface area contributed by atoms with Gasteiger partial charge in [0.1, 0.15) is 25.5 Å². The van der Waals surface area contributed by atoms with Crippen LogP contribution in [0.5, 0.6) is 23.0 Å². The highest BCUT2D eigenvalue weighted by molar-refractivity contribution is 5.44. The molecule has 1 aromatic heterocycles. The van der Waals surface area contributed by atoms with Crippen LogP contribution in [0, 0.1) is 22.0 Å². The first kappa shape index (κ1) is 25.9. The highest BCUT2D eigenvalue weighted by Gasteiger charge is 2.17. The molecule has 0 bridgehead atoms. The Morgan fingerprint density at radius 3 is 1.97 bits per heavy atom. The van der Waals surface area contributed by atoms with Crippen LogP contribution in [0.4, 0.5) is 5.95 Å². The summed E-state index contributed by atoms with van der Waals surface area (Å²) in [5.74, 6) is 3.39. The van der Waals surface area contributed by atoms with Crippen molar-refractivity contribution in [3.63, 3.8) is 0 Å². The summed E-state index contributed by atoms with van der Waals surface area (Å²) in [7, 11) is 4.89. The summed E-state index contributed by atoms with van der Waals surface area (Å²) in [6.07, 6.45) is 4.79. The summed E-state index contributed by atoms with van der Waals surface area (Å²) < 4.78 is 23.6. The van der Waals surface area contributed by atoms with Crippen LogP contribution in [0.2, 0.25) is 0 Å². The molecule has 2 atom stereocenters. The third-order valence-corrected chi connectivity index (χ3v) is 6.21. The van der Waals surface area contributed by atoms with Crippen LogP contribution >= 0.6 is 0 Å². The Morgan fingerprint density at radius 2 is 1.43 bits per heavy atom. The van der Waals surface area contributed by atoms with Gasteiger partial charge in [0.25, 0.3) is 0 Å². The van der Waals surface area contributed by atoms with Crippen molar-refractivity contribution in [3.8, 4) is 23.0 Å². The molecule has 0 saturated heterocycles. The molecule has 1 heterocycles. The van der Waals surface area contributed by atoms with Crippen molar-refractivity contribution in [1.29, 1.82) is 0 Å². The van der Waals surface area contributed by atoms with Gasteiger partial charge in [0.05, 0.1) is 21.3 Å². The molecule has 0 aliphatic heterocycles.